The Labute approximate surface area is 145 Å². The molecule has 0 aromatic rings. The van der Waals surface area contributed by atoms with Crippen LogP contribution in [0.2, 0.25) is 72.0 Å². The van der Waals surface area contributed by atoms with E-state index in [1.54, 1.807) is 0 Å². The largest absolute Gasteiger partial charge is 0.439 e. The highest BCUT2D eigenvalue weighted by molar-refractivity contribution is 6.84. The molecular weight excluding hydrogens is 381 g/mol. The second-order valence-electron chi connectivity index (χ2n) is 7.94. The fourth-order valence-corrected chi connectivity index (χ4v) is 22.6. The van der Waals surface area contributed by atoms with Crippen molar-refractivity contribution in [2.24, 2.45) is 0 Å². The van der Waals surface area contributed by atoms with Crippen molar-refractivity contribution < 1.29 is 20.6 Å². The van der Waals surface area contributed by atoms with Crippen LogP contribution in [0.5, 0.6) is 0 Å². The van der Waals surface area contributed by atoms with Crippen molar-refractivity contribution in [3.63, 3.8) is 0 Å². The lowest BCUT2D eigenvalue weighted by Gasteiger charge is -2.34. The van der Waals surface area contributed by atoms with Gasteiger partial charge in [0.1, 0.15) is 0 Å². The van der Waals surface area contributed by atoms with E-state index < -0.39 is 53.0 Å². The summed E-state index contributed by atoms with van der Waals surface area (Å²) in [6.07, 6.45) is 0. The first-order valence-corrected chi connectivity index (χ1v) is 23.9. The van der Waals surface area contributed by atoms with E-state index in [9.17, 15) is 0 Å². The van der Waals surface area contributed by atoms with Gasteiger partial charge in [-0.15, -0.1) is 0 Å². The molecule has 3 unspecified atom stereocenters. The fraction of sp³-hybridized carbons (Fsp3) is 1.00. The van der Waals surface area contributed by atoms with Crippen LogP contribution in [0.1, 0.15) is 0 Å². The molecule has 0 amide bonds. The van der Waals surface area contributed by atoms with Gasteiger partial charge in [0.2, 0.25) is 0 Å². The van der Waals surface area contributed by atoms with Crippen LogP contribution in [-0.2, 0) is 20.6 Å². The molecule has 11 heteroatoms. The molecule has 134 valence electrons. The van der Waals surface area contributed by atoms with Crippen molar-refractivity contribution in [3.8, 4) is 0 Å². The second kappa shape index (κ2) is 8.98. The smallest absolute Gasteiger partial charge is 0.312 e. The third-order valence-corrected chi connectivity index (χ3v) is 20.6. The van der Waals surface area contributed by atoms with Gasteiger partial charge in [-0.2, -0.15) is 0 Å². The monoisotopic (exact) mass is 416 g/mol. The molecule has 0 aliphatic rings. The first-order chi connectivity index (χ1) is 9.60. The lowest BCUT2D eigenvalue weighted by molar-refractivity contribution is 0.323. The van der Waals surface area contributed by atoms with Crippen molar-refractivity contribution in [2.75, 3.05) is 0 Å². The Balaban J connectivity index is 4.28. The minimum Gasteiger partial charge on any atom is -0.439 e. The van der Waals surface area contributed by atoms with Crippen molar-refractivity contribution in [1.29, 1.82) is 0 Å². The molecule has 3 atom stereocenters. The maximum Gasteiger partial charge on any atom is 0.312 e. The quantitative estimate of drug-likeness (QED) is 0.512. The first kappa shape index (κ1) is 23.1. The molecule has 0 aliphatic carbocycles. The van der Waals surface area contributed by atoms with Crippen molar-refractivity contribution in [1.82, 2.24) is 0 Å². The van der Waals surface area contributed by atoms with Crippen molar-refractivity contribution in [3.05, 3.63) is 0 Å². The number of hydrogen-bond donors (Lipinski definition) is 0. The van der Waals surface area contributed by atoms with E-state index in [0.29, 0.717) is 0 Å². The molecule has 5 nitrogen and oxygen atoms in total. The van der Waals surface area contributed by atoms with Gasteiger partial charge in [0.25, 0.3) is 27.9 Å². The lowest BCUT2D eigenvalue weighted by Crippen LogP contribution is -2.49. The predicted octanol–water partition coefficient (Wildman–Crippen LogP) is 2.99. The van der Waals surface area contributed by atoms with Gasteiger partial charge in [-0.3, -0.25) is 0 Å². The van der Waals surface area contributed by atoms with Gasteiger partial charge < -0.3 is 20.6 Å². The first-order valence-electron chi connectivity index (χ1n) is 7.96. The highest BCUT2D eigenvalue weighted by Gasteiger charge is 2.34. The van der Waals surface area contributed by atoms with Gasteiger partial charge in [0, 0.05) is 0 Å². The van der Waals surface area contributed by atoms with Crippen LogP contribution in [0.25, 0.3) is 0 Å². The van der Waals surface area contributed by atoms with E-state index in [0.717, 1.165) is 0 Å². The molecule has 0 rings (SSSR count). The highest BCUT2D eigenvalue weighted by atomic mass is 28.5. The van der Waals surface area contributed by atoms with E-state index in [2.05, 4.69) is 72.0 Å². The molecule has 22 heavy (non-hydrogen) atoms. The SMILES string of the molecule is C[SiH](O[SiH](C)O[Si](C)(C)C)O[SiH](C)O[Si](C)(C)O[Si](C)(C)C. The van der Waals surface area contributed by atoms with Gasteiger partial charge in [-0.25, -0.2) is 0 Å². The minimum atomic E-state index is -2.09. The van der Waals surface area contributed by atoms with Crippen molar-refractivity contribution in [2.45, 2.75) is 72.0 Å². The molecule has 0 radical (unpaired) electrons. The summed E-state index contributed by atoms with van der Waals surface area (Å²) in [6, 6.07) is 0. The van der Waals surface area contributed by atoms with Crippen LogP contribution in [-0.4, -0.2) is 53.0 Å². The van der Waals surface area contributed by atoms with E-state index >= 15 is 0 Å². The molecule has 0 N–H and O–H groups in total. The molecule has 0 saturated heterocycles. The maximum absolute atomic E-state index is 6.20. The number of rotatable bonds is 10. The maximum atomic E-state index is 6.20. The second-order valence-corrected chi connectivity index (χ2v) is 27.5. The Bertz CT molecular complexity index is 330. The minimum absolute atomic E-state index is 1.52. The molecule has 0 aromatic heterocycles. The highest BCUT2D eigenvalue weighted by Crippen LogP contribution is 2.17. The van der Waals surface area contributed by atoms with E-state index in [4.69, 9.17) is 20.6 Å². The van der Waals surface area contributed by atoms with E-state index in [1.165, 1.54) is 0 Å². The standard InChI is InChI=1S/C11H36O5Si6/c1-17(12-18(2)14-20(4,5)6)13-19(3)15-22(10,11)16-21(7,8)9/h17-19H,1-11H3. The van der Waals surface area contributed by atoms with Crippen LogP contribution >= 0.6 is 0 Å². The van der Waals surface area contributed by atoms with Gasteiger partial charge in [-0.1, -0.05) is 0 Å². The summed E-state index contributed by atoms with van der Waals surface area (Å²) in [7, 11) is -10.2. The van der Waals surface area contributed by atoms with Gasteiger partial charge in [0.05, 0.1) is 0 Å². The van der Waals surface area contributed by atoms with Gasteiger partial charge in [-0.05, 0) is 72.0 Å². The Hall–Kier alpha value is 1.10. The summed E-state index contributed by atoms with van der Waals surface area (Å²) in [5.74, 6) is 0. The average molecular weight is 417 g/mol. The van der Waals surface area contributed by atoms with Crippen LogP contribution < -0.4 is 0 Å². The molecule has 0 aliphatic heterocycles. The summed E-state index contributed by atoms with van der Waals surface area (Å²) < 4.78 is 30.5. The van der Waals surface area contributed by atoms with E-state index in [1.807, 2.05) is 0 Å². The topological polar surface area (TPSA) is 46.2 Å². The normalized spacial score (nSPS) is 18.1. The number of hydrogen-bond acceptors (Lipinski definition) is 5. The third kappa shape index (κ3) is 13.5. The molecule has 0 spiro atoms. The lowest BCUT2D eigenvalue weighted by atomic mass is 11.8. The Kier molecular flexibility index (Phi) is 9.43. The Morgan fingerprint density at radius 2 is 0.955 bits per heavy atom. The molecule has 0 fully saturated rings. The molecule has 0 saturated carbocycles. The zero-order valence-corrected chi connectivity index (χ0v) is 22.7. The molecular formula is C11H36O5Si6. The molecule has 0 bridgehead atoms. The summed E-state index contributed by atoms with van der Waals surface area (Å²) in [6.45, 7) is 23.6. The fourth-order valence-electron chi connectivity index (χ4n) is 2.29. The van der Waals surface area contributed by atoms with Crippen LogP contribution in [0.15, 0.2) is 0 Å². The Morgan fingerprint density at radius 1 is 0.545 bits per heavy atom. The zero-order chi connectivity index (χ0) is 17.8. The van der Waals surface area contributed by atoms with Crippen LogP contribution in [0.3, 0.4) is 0 Å². The summed E-state index contributed by atoms with van der Waals surface area (Å²) in [4.78, 5) is 0. The van der Waals surface area contributed by atoms with E-state index in [-0.39, 0.29) is 0 Å². The van der Waals surface area contributed by atoms with Crippen molar-refractivity contribution >= 4 is 53.0 Å². The van der Waals surface area contributed by atoms with Gasteiger partial charge in [0.15, 0.2) is 16.6 Å². The zero-order valence-electron chi connectivity index (χ0n) is 16.3. The molecule has 0 aromatic carbocycles. The van der Waals surface area contributed by atoms with Gasteiger partial charge >= 0.3 is 8.56 Å². The summed E-state index contributed by atoms with van der Waals surface area (Å²) >= 11 is 0. The average Bonchev–Trinajstić information content (AvgIpc) is 2.05. The summed E-state index contributed by atoms with van der Waals surface area (Å²) in [5.41, 5.74) is 0. The van der Waals surface area contributed by atoms with Crippen LogP contribution in [0.4, 0.5) is 0 Å². The molecule has 0 heterocycles. The summed E-state index contributed by atoms with van der Waals surface area (Å²) in [5, 5.41) is 0. The third-order valence-electron chi connectivity index (χ3n) is 2.29. The predicted molar refractivity (Wildman–Crippen MR) is 109 cm³/mol. The Morgan fingerprint density at radius 3 is 1.32 bits per heavy atom. The van der Waals surface area contributed by atoms with Crippen LogP contribution in [0, 0.1) is 0 Å².